The molecule has 3 N–H and O–H groups in total. The molecule has 0 saturated carbocycles. The van der Waals surface area contributed by atoms with Crippen molar-refractivity contribution < 1.29 is 9.53 Å². The van der Waals surface area contributed by atoms with E-state index >= 15 is 0 Å². The van der Waals surface area contributed by atoms with Gasteiger partial charge in [-0.3, -0.25) is 0 Å². The third kappa shape index (κ3) is 5.57. The molecule has 0 radical (unpaired) electrons. The van der Waals surface area contributed by atoms with Crippen LogP contribution in [0.2, 0.25) is 5.28 Å². The number of fused-ring (bicyclic) bond motifs is 1. The maximum absolute atomic E-state index is 12.1. The molecule has 0 aliphatic rings. The number of amides is 1. The number of nitrogens with zero attached hydrogens (tertiary/aromatic N) is 4. The summed E-state index contributed by atoms with van der Waals surface area (Å²) < 4.78 is 7.21. The summed E-state index contributed by atoms with van der Waals surface area (Å²) in [6.07, 6.45) is 4.60. The predicted molar refractivity (Wildman–Crippen MR) is 113 cm³/mol. The number of imidazole rings is 1. The molecule has 3 aromatic rings. The van der Waals surface area contributed by atoms with E-state index in [9.17, 15) is 4.79 Å². The number of nitrogen functional groups attached to an aromatic ring is 1. The summed E-state index contributed by atoms with van der Waals surface area (Å²) in [6, 6.07) is 9.88. The van der Waals surface area contributed by atoms with Crippen LogP contribution in [0.3, 0.4) is 0 Å². The van der Waals surface area contributed by atoms with Gasteiger partial charge in [0.05, 0.1) is 19.0 Å². The number of alkyl carbamates (subject to hydrolysis) is 1. The van der Waals surface area contributed by atoms with Crippen LogP contribution < -0.4 is 11.1 Å². The Morgan fingerprint density at radius 3 is 2.83 bits per heavy atom. The Morgan fingerprint density at radius 2 is 2.07 bits per heavy atom. The van der Waals surface area contributed by atoms with Gasteiger partial charge >= 0.3 is 6.09 Å². The van der Waals surface area contributed by atoms with Crippen LogP contribution in [-0.2, 0) is 11.3 Å². The minimum atomic E-state index is -0.396. The van der Waals surface area contributed by atoms with E-state index in [0.717, 1.165) is 24.8 Å². The molecule has 0 aliphatic carbocycles. The number of rotatable bonds is 9. The number of anilines is 1. The average Bonchev–Trinajstić information content (AvgIpc) is 3.11. The van der Waals surface area contributed by atoms with Crippen LogP contribution in [0.4, 0.5) is 10.6 Å². The number of aromatic nitrogens is 4. The topological polar surface area (TPSA) is 108 Å². The zero-order chi connectivity index (χ0) is 20.6. The van der Waals surface area contributed by atoms with Crippen LogP contribution >= 0.6 is 11.6 Å². The predicted octanol–water partition coefficient (Wildman–Crippen LogP) is 4.11. The first-order valence-electron chi connectivity index (χ1n) is 9.70. The third-order valence-electron chi connectivity index (χ3n) is 4.56. The Hall–Kier alpha value is -2.87. The fraction of sp³-hybridized carbons (Fsp3) is 0.400. The first-order chi connectivity index (χ1) is 14.1. The maximum atomic E-state index is 12.1. The third-order valence-corrected chi connectivity index (χ3v) is 4.73. The quantitative estimate of drug-likeness (QED) is 0.401. The number of halogens is 1. The Balaban J connectivity index is 1.44. The van der Waals surface area contributed by atoms with E-state index < -0.39 is 6.09 Å². The molecular formula is C20H25ClN6O2. The lowest BCUT2D eigenvalue weighted by molar-refractivity contribution is 0.139. The van der Waals surface area contributed by atoms with Gasteiger partial charge in [-0.1, -0.05) is 43.7 Å². The van der Waals surface area contributed by atoms with Crippen molar-refractivity contribution in [1.82, 2.24) is 24.8 Å². The lowest BCUT2D eigenvalue weighted by Crippen LogP contribution is -2.29. The van der Waals surface area contributed by atoms with Gasteiger partial charge in [0.1, 0.15) is 5.52 Å². The number of aryl methyl sites for hydroxylation is 1. The highest BCUT2D eigenvalue weighted by Gasteiger charge is 2.14. The second-order valence-electron chi connectivity index (χ2n) is 6.73. The molecule has 9 heteroatoms. The molecule has 3 rings (SSSR count). The van der Waals surface area contributed by atoms with Gasteiger partial charge in [-0.2, -0.15) is 9.97 Å². The van der Waals surface area contributed by atoms with Gasteiger partial charge in [0.2, 0.25) is 5.28 Å². The lowest BCUT2D eigenvalue weighted by Gasteiger charge is -2.18. The van der Waals surface area contributed by atoms with Crippen molar-refractivity contribution in [3.63, 3.8) is 0 Å². The molecule has 0 bridgehead atoms. The molecule has 1 atom stereocenters. The normalized spacial score (nSPS) is 12.1. The second kappa shape index (κ2) is 10.1. The van der Waals surface area contributed by atoms with E-state index in [1.54, 1.807) is 6.33 Å². The molecule has 8 nitrogen and oxygen atoms in total. The van der Waals surface area contributed by atoms with Crippen molar-refractivity contribution in [1.29, 1.82) is 0 Å². The highest BCUT2D eigenvalue weighted by Crippen LogP contribution is 2.19. The Morgan fingerprint density at radius 1 is 1.28 bits per heavy atom. The summed E-state index contributed by atoms with van der Waals surface area (Å²) in [7, 11) is 0. The van der Waals surface area contributed by atoms with Gasteiger partial charge in [-0.05, 0) is 36.4 Å². The summed E-state index contributed by atoms with van der Waals surface area (Å²) in [5, 5.41) is 3.05. The molecule has 0 unspecified atom stereocenters. The van der Waals surface area contributed by atoms with Gasteiger partial charge in [0.15, 0.2) is 11.5 Å². The van der Waals surface area contributed by atoms with E-state index in [1.807, 2.05) is 34.9 Å². The first kappa shape index (κ1) is 20.9. The Labute approximate surface area is 174 Å². The lowest BCUT2D eigenvalue weighted by atomic mass is 10.0. The van der Waals surface area contributed by atoms with Gasteiger partial charge in [-0.15, -0.1) is 0 Å². The highest BCUT2D eigenvalue weighted by molar-refractivity contribution is 6.28. The number of carbonyl (C=O) groups excluding carboxylic acids is 1. The van der Waals surface area contributed by atoms with Crippen LogP contribution in [0.5, 0.6) is 0 Å². The van der Waals surface area contributed by atoms with Crippen LogP contribution in [0, 0.1) is 0 Å². The van der Waals surface area contributed by atoms with E-state index in [0.29, 0.717) is 30.7 Å². The molecule has 0 saturated heterocycles. The molecular weight excluding hydrogens is 392 g/mol. The number of hydrogen-bond donors (Lipinski definition) is 2. The smallest absolute Gasteiger partial charge is 0.407 e. The van der Waals surface area contributed by atoms with Gasteiger partial charge in [0, 0.05) is 6.54 Å². The summed E-state index contributed by atoms with van der Waals surface area (Å²) in [5.41, 5.74) is 8.03. The van der Waals surface area contributed by atoms with Crippen LogP contribution in [-0.4, -0.2) is 32.2 Å². The monoisotopic (exact) mass is 416 g/mol. The fourth-order valence-electron chi connectivity index (χ4n) is 3.13. The highest BCUT2D eigenvalue weighted by atomic mass is 35.5. The minimum absolute atomic E-state index is 0.0408. The standard InChI is InChI=1S/C20H25ClN6O2/c1-2-8-15(14-9-4-3-5-10-14)24-20(28)29-12-7-6-11-27-13-23-16-17(22)25-19(21)26-18(16)27/h3-5,9-10,13,15H,2,6-8,11-12H2,1H3,(H,24,28)(H2,22,25,26)/t15-/m1/s1. The summed E-state index contributed by atoms with van der Waals surface area (Å²) in [6.45, 7) is 3.09. The van der Waals surface area contributed by atoms with Crippen LogP contribution in [0.25, 0.3) is 11.2 Å². The van der Waals surface area contributed by atoms with Crippen LogP contribution in [0.1, 0.15) is 44.2 Å². The van der Waals surface area contributed by atoms with Gasteiger partial charge in [-0.25, -0.2) is 9.78 Å². The molecule has 29 heavy (non-hydrogen) atoms. The van der Waals surface area contributed by atoms with E-state index in [2.05, 4.69) is 27.2 Å². The minimum Gasteiger partial charge on any atom is -0.450 e. The number of nitrogens with two attached hydrogens (primary N) is 1. The van der Waals surface area contributed by atoms with Crippen molar-refractivity contribution in [3.05, 3.63) is 47.5 Å². The summed E-state index contributed by atoms with van der Waals surface area (Å²) in [5.74, 6) is 0.263. The first-order valence-corrected chi connectivity index (χ1v) is 10.1. The molecule has 1 amide bonds. The second-order valence-corrected chi connectivity index (χ2v) is 7.07. The molecule has 1 aromatic carbocycles. The molecule has 2 heterocycles. The molecule has 2 aromatic heterocycles. The molecule has 154 valence electrons. The Kier molecular flexibility index (Phi) is 7.24. The number of hydrogen-bond acceptors (Lipinski definition) is 6. The fourth-order valence-corrected chi connectivity index (χ4v) is 3.30. The van der Waals surface area contributed by atoms with E-state index in [4.69, 9.17) is 22.1 Å². The SMILES string of the molecule is CCC[C@@H](NC(=O)OCCCCn1cnc2c(N)nc(Cl)nc21)c1ccccc1. The number of nitrogens with one attached hydrogen (secondary N) is 1. The van der Waals surface area contributed by atoms with Crippen molar-refractivity contribution in [2.75, 3.05) is 12.3 Å². The van der Waals surface area contributed by atoms with Crippen molar-refractivity contribution >= 4 is 34.7 Å². The van der Waals surface area contributed by atoms with Crippen molar-refractivity contribution in [2.24, 2.45) is 0 Å². The van der Waals surface area contributed by atoms with Gasteiger partial charge < -0.3 is 20.4 Å². The Bertz CT molecular complexity index is 947. The number of carbonyl (C=O) groups is 1. The number of ether oxygens (including phenoxy) is 1. The number of benzene rings is 1. The zero-order valence-electron chi connectivity index (χ0n) is 16.3. The zero-order valence-corrected chi connectivity index (χ0v) is 17.1. The molecule has 0 fully saturated rings. The molecule has 0 aliphatic heterocycles. The summed E-state index contributed by atoms with van der Waals surface area (Å²) in [4.78, 5) is 24.4. The van der Waals surface area contributed by atoms with Crippen molar-refractivity contribution in [3.8, 4) is 0 Å². The van der Waals surface area contributed by atoms with E-state index in [1.165, 1.54) is 0 Å². The van der Waals surface area contributed by atoms with Gasteiger partial charge in [0.25, 0.3) is 0 Å². The average molecular weight is 417 g/mol. The van der Waals surface area contributed by atoms with Crippen LogP contribution in [0.15, 0.2) is 36.7 Å². The number of unbranched alkanes of at least 4 members (excludes halogenated alkanes) is 1. The summed E-state index contributed by atoms with van der Waals surface area (Å²) >= 11 is 5.87. The van der Waals surface area contributed by atoms with Crippen molar-refractivity contribution in [2.45, 2.75) is 45.2 Å². The van der Waals surface area contributed by atoms with E-state index in [-0.39, 0.29) is 17.1 Å². The largest absolute Gasteiger partial charge is 0.450 e. The maximum Gasteiger partial charge on any atom is 0.407 e. The molecule has 0 spiro atoms.